The molecule has 0 saturated carbocycles. The zero-order chi connectivity index (χ0) is 17.9. The van der Waals surface area contributed by atoms with E-state index in [0.29, 0.717) is 28.8 Å². The van der Waals surface area contributed by atoms with Gasteiger partial charge >= 0.3 is 0 Å². The smallest absolute Gasteiger partial charge is 0.256 e. The lowest BCUT2D eigenvalue weighted by atomic mass is 10.2. The molecule has 0 spiro atoms. The predicted molar refractivity (Wildman–Crippen MR) is 101 cm³/mol. The van der Waals surface area contributed by atoms with Gasteiger partial charge in [-0.3, -0.25) is 4.79 Å². The van der Waals surface area contributed by atoms with Crippen molar-refractivity contribution < 1.29 is 13.2 Å². The van der Waals surface area contributed by atoms with Crippen molar-refractivity contribution in [3.8, 4) is 0 Å². The number of piperidine rings is 1. The fraction of sp³-hybridized carbons (Fsp3) is 0.278. The maximum absolute atomic E-state index is 12.6. The largest absolute Gasteiger partial charge is 0.322 e. The molecule has 1 fully saturated rings. The molecule has 3 rings (SSSR count). The average molecular weight is 423 g/mol. The van der Waals surface area contributed by atoms with Gasteiger partial charge in [-0.1, -0.05) is 18.6 Å². The number of sulfonamides is 1. The topological polar surface area (TPSA) is 66.5 Å². The first kappa shape index (κ1) is 18.1. The van der Waals surface area contributed by atoms with Gasteiger partial charge in [-0.15, -0.1) is 0 Å². The highest BCUT2D eigenvalue weighted by molar-refractivity contribution is 9.10. The molecule has 0 radical (unpaired) electrons. The molecule has 1 aliphatic heterocycles. The highest BCUT2D eigenvalue weighted by Crippen LogP contribution is 2.23. The number of benzene rings is 2. The van der Waals surface area contributed by atoms with Crippen LogP contribution in [0.1, 0.15) is 29.6 Å². The van der Waals surface area contributed by atoms with Crippen LogP contribution in [0.25, 0.3) is 0 Å². The minimum atomic E-state index is -3.45. The third-order valence-corrected chi connectivity index (χ3v) is 6.79. The second-order valence-corrected chi connectivity index (χ2v) is 8.72. The number of carbonyl (C=O) groups is 1. The van der Waals surface area contributed by atoms with Crippen molar-refractivity contribution in [3.05, 3.63) is 58.6 Å². The van der Waals surface area contributed by atoms with Crippen LogP contribution in [0.3, 0.4) is 0 Å². The van der Waals surface area contributed by atoms with Crippen LogP contribution in [0, 0.1) is 0 Å². The molecule has 7 heteroatoms. The Morgan fingerprint density at radius 3 is 2.24 bits per heavy atom. The van der Waals surface area contributed by atoms with Crippen molar-refractivity contribution in [2.75, 3.05) is 18.4 Å². The van der Waals surface area contributed by atoms with Gasteiger partial charge in [0.15, 0.2) is 0 Å². The Morgan fingerprint density at radius 2 is 1.60 bits per heavy atom. The summed E-state index contributed by atoms with van der Waals surface area (Å²) in [6.07, 6.45) is 2.88. The molecule has 2 aromatic rings. The molecule has 1 aliphatic rings. The van der Waals surface area contributed by atoms with Crippen LogP contribution in [0.5, 0.6) is 0 Å². The molecule has 2 aromatic carbocycles. The Morgan fingerprint density at radius 1 is 0.960 bits per heavy atom. The van der Waals surface area contributed by atoms with Gasteiger partial charge in [-0.2, -0.15) is 4.31 Å². The second-order valence-electron chi connectivity index (χ2n) is 5.92. The van der Waals surface area contributed by atoms with E-state index in [2.05, 4.69) is 21.2 Å². The highest BCUT2D eigenvalue weighted by Gasteiger charge is 2.25. The van der Waals surface area contributed by atoms with Crippen molar-refractivity contribution in [2.24, 2.45) is 0 Å². The molecule has 0 aliphatic carbocycles. The summed E-state index contributed by atoms with van der Waals surface area (Å²) < 4.78 is 27.5. The van der Waals surface area contributed by atoms with Crippen LogP contribution in [-0.2, 0) is 10.0 Å². The molecule has 132 valence electrons. The van der Waals surface area contributed by atoms with E-state index in [1.807, 2.05) is 6.07 Å². The van der Waals surface area contributed by atoms with Crippen LogP contribution in [0.2, 0.25) is 0 Å². The van der Waals surface area contributed by atoms with Crippen LogP contribution in [-0.4, -0.2) is 31.7 Å². The van der Waals surface area contributed by atoms with E-state index in [1.54, 1.807) is 42.5 Å². The number of anilines is 1. The van der Waals surface area contributed by atoms with Crippen molar-refractivity contribution in [1.29, 1.82) is 0 Å². The zero-order valence-electron chi connectivity index (χ0n) is 13.6. The summed E-state index contributed by atoms with van der Waals surface area (Å²) in [5, 5.41) is 2.78. The summed E-state index contributed by atoms with van der Waals surface area (Å²) in [6, 6.07) is 13.4. The summed E-state index contributed by atoms with van der Waals surface area (Å²) in [7, 11) is -3.45. The molecular formula is C18H19BrN2O3S. The van der Waals surface area contributed by atoms with E-state index in [4.69, 9.17) is 0 Å². The Labute approximate surface area is 156 Å². The summed E-state index contributed by atoms with van der Waals surface area (Å²) in [6.45, 7) is 1.14. The molecule has 0 atom stereocenters. The monoisotopic (exact) mass is 422 g/mol. The number of halogens is 1. The number of hydrogen-bond donors (Lipinski definition) is 1. The Balaban J connectivity index is 1.74. The van der Waals surface area contributed by atoms with Gasteiger partial charge in [-0.05, 0) is 65.2 Å². The molecule has 0 aromatic heterocycles. The van der Waals surface area contributed by atoms with E-state index >= 15 is 0 Å². The lowest BCUT2D eigenvalue weighted by Gasteiger charge is -2.25. The van der Waals surface area contributed by atoms with Gasteiger partial charge in [0.25, 0.3) is 5.91 Å². The van der Waals surface area contributed by atoms with Gasteiger partial charge in [-0.25, -0.2) is 8.42 Å². The average Bonchev–Trinajstić information content (AvgIpc) is 2.63. The van der Waals surface area contributed by atoms with Gasteiger partial charge in [0.05, 0.1) is 10.5 Å². The maximum atomic E-state index is 12.6. The summed E-state index contributed by atoms with van der Waals surface area (Å²) in [4.78, 5) is 12.6. The fourth-order valence-electron chi connectivity index (χ4n) is 2.81. The van der Waals surface area contributed by atoms with Gasteiger partial charge in [0, 0.05) is 23.2 Å². The van der Waals surface area contributed by atoms with Gasteiger partial charge in [0.1, 0.15) is 0 Å². The fourth-order valence-corrected chi connectivity index (χ4v) is 4.79. The molecule has 1 saturated heterocycles. The molecule has 0 unspecified atom stereocenters. The number of carbonyl (C=O) groups excluding carboxylic acids is 1. The van der Waals surface area contributed by atoms with E-state index < -0.39 is 10.0 Å². The minimum Gasteiger partial charge on any atom is -0.322 e. The standard InChI is InChI=1S/C18H19BrN2O3S/c19-17-7-3-2-6-16(17)18(22)20-14-8-10-15(11-9-14)25(23,24)21-12-4-1-5-13-21/h2-3,6-11H,1,4-5,12-13H2,(H,20,22). The lowest BCUT2D eigenvalue weighted by molar-refractivity contribution is 0.102. The number of nitrogens with one attached hydrogen (secondary N) is 1. The van der Waals surface area contributed by atoms with Crippen LogP contribution in [0.4, 0.5) is 5.69 Å². The Bertz CT molecular complexity index is 860. The Hall–Kier alpha value is -1.70. The van der Waals surface area contributed by atoms with Crippen molar-refractivity contribution in [2.45, 2.75) is 24.2 Å². The van der Waals surface area contributed by atoms with E-state index in [9.17, 15) is 13.2 Å². The second kappa shape index (κ2) is 7.68. The summed E-state index contributed by atoms with van der Waals surface area (Å²) >= 11 is 3.35. The van der Waals surface area contributed by atoms with Crippen LogP contribution < -0.4 is 5.32 Å². The van der Waals surface area contributed by atoms with Crippen molar-refractivity contribution in [1.82, 2.24) is 4.31 Å². The normalized spacial score (nSPS) is 15.7. The van der Waals surface area contributed by atoms with Crippen LogP contribution in [0.15, 0.2) is 57.9 Å². The van der Waals surface area contributed by atoms with Crippen molar-refractivity contribution >= 4 is 37.5 Å². The third-order valence-electron chi connectivity index (χ3n) is 4.18. The first-order valence-electron chi connectivity index (χ1n) is 8.14. The number of nitrogens with zero attached hydrogens (tertiary/aromatic N) is 1. The first-order valence-corrected chi connectivity index (χ1v) is 10.4. The quantitative estimate of drug-likeness (QED) is 0.812. The SMILES string of the molecule is O=C(Nc1ccc(S(=O)(=O)N2CCCCC2)cc1)c1ccccc1Br. The number of amides is 1. The van der Waals surface area contributed by atoms with Crippen LogP contribution >= 0.6 is 15.9 Å². The first-order chi connectivity index (χ1) is 12.0. The predicted octanol–water partition coefficient (Wildman–Crippen LogP) is 3.88. The zero-order valence-corrected chi connectivity index (χ0v) is 16.0. The maximum Gasteiger partial charge on any atom is 0.256 e. The molecule has 1 heterocycles. The number of hydrogen-bond acceptors (Lipinski definition) is 3. The molecule has 1 amide bonds. The molecule has 1 N–H and O–H groups in total. The van der Waals surface area contributed by atoms with Gasteiger partial charge in [0.2, 0.25) is 10.0 Å². The molecule has 25 heavy (non-hydrogen) atoms. The molecular weight excluding hydrogens is 404 g/mol. The minimum absolute atomic E-state index is 0.251. The molecule has 0 bridgehead atoms. The third kappa shape index (κ3) is 4.11. The van der Waals surface area contributed by atoms with E-state index in [1.165, 1.54) is 4.31 Å². The van der Waals surface area contributed by atoms with Crippen molar-refractivity contribution in [3.63, 3.8) is 0 Å². The van der Waals surface area contributed by atoms with Gasteiger partial charge < -0.3 is 5.32 Å². The Kier molecular flexibility index (Phi) is 5.56. The van der Waals surface area contributed by atoms with E-state index in [0.717, 1.165) is 19.3 Å². The highest BCUT2D eigenvalue weighted by atomic mass is 79.9. The number of rotatable bonds is 4. The summed E-state index contributed by atoms with van der Waals surface area (Å²) in [5.41, 5.74) is 1.07. The van der Waals surface area contributed by atoms with E-state index in [-0.39, 0.29) is 10.8 Å². The lowest BCUT2D eigenvalue weighted by Crippen LogP contribution is -2.35. The molecule has 5 nitrogen and oxygen atoms in total. The summed E-state index contributed by atoms with van der Waals surface area (Å²) in [5.74, 6) is -0.251.